The number of carbonyl (C=O) groups excluding carboxylic acids is 2. The number of nitrogens with one attached hydrogen (secondary N) is 2. The van der Waals surface area contributed by atoms with Gasteiger partial charge in [-0.2, -0.15) is 0 Å². The molecule has 6 heteroatoms. The zero-order chi connectivity index (χ0) is 18.8. The molecule has 136 valence electrons. The summed E-state index contributed by atoms with van der Waals surface area (Å²) < 4.78 is 5.53. The molecule has 26 heavy (non-hydrogen) atoms. The van der Waals surface area contributed by atoms with Crippen LogP contribution in [0.15, 0.2) is 42.5 Å². The maximum Gasteiger partial charge on any atom is 0.265 e. The van der Waals surface area contributed by atoms with E-state index in [-0.39, 0.29) is 23.7 Å². The normalized spacial score (nSPS) is 17.1. The topological polar surface area (TPSA) is 67.4 Å². The van der Waals surface area contributed by atoms with Crippen LogP contribution < -0.4 is 15.4 Å². The molecule has 2 atom stereocenters. The fraction of sp³-hybridized carbons (Fsp3) is 0.300. The monoisotopic (exact) mass is 372 g/mol. The molecule has 0 unspecified atom stereocenters. The van der Waals surface area contributed by atoms with Gasteiger partial charge in [0.05, 0.1) is 11.6 Å². The second-order valence-corrected chi connectivity index (χ2v) is 7.16. The molecular formula is C20H21ClN2O3. The van der Waals surface area contributed by atoms with Crippen molar-refractivity contribution in [2.75, 3.05) is 10.6 Å². The van der Waals surface area contributed by atoms with Crippen molar-refractivity contribution in [2.24, 2.45) is 5.92 Å². The molecule has 0 spiro atoms. The van der Waals surface area contributed by atoms with Crippen LogP contribution in [0.5, 0.6) is 5.75 Å². The summed E-state index contributed by atoms with van der Waals surface area (Å²) in [5.41, 5.74) is 2.07. The highest BCUT2D eigenvalue weighted by molar-refractivity contribution is 6.30. The zero-order valence-corrected chi connectivity index (χ0v) is 15.6. The first-order chi connectivity index (χ1) is 12.3. The van der Waals surface area contributed by atoms with Gasteiger partial charge in [-0.1, -0.05) is 37.6 Å². The van der Waals surface area contributed by atoms with Crippen LogP contribution in [0.1, 0.15) is 32.3 Å². The molecule has 0 saturated carbocycles. The molecule has 2 amide bonds. The second kappa shape index (κ2) is 7.38. The summed E-state index contributed by atoms with van der Waals surface area (Å²) in [6.45, 7) is 5.69. The van der Waals surface area contributed by atoms with Crippen molar-refractivity contribution < 1.29 is 14.3 Å². The lowest BCUT2D eigenvalue weighted by atomic mass is 9.87. The van der Waals surface area contributed by atoms with Crippen LogP contribution in [0.3, 0.4) is 0 Å². The van der Waals surface area contributed by atoms with E-state index in [1.54, 1.807) is 37.3 Å². The first-order valence-electron chi connectivity index (χ1n) is 8.53. The Bertz CT molecular complexity index is 833. The van der Waals surface area contributed by atoms with Gasteiger partial charge in [0.2, 0.25) is 5.91 Å². The molecule has 0 aromatic heterocycles. The third-order valence-corrected chi connectivity index (χ3v) is 4.61. The summed E-state index contributed by atoms with van der Waals surface area (Å²) in [6, 6.07) is 12.5. The number of hydrogen-bond donors (Lipinski definition) is 2. The molecule has 1 aliphatic rings. The third kappa shape index (κ3) is 3.83. The van der Waals surface area contributed by atoms with E-state index >= 15 is 0 Å². The fourth-order valence-electron chi connectivity index (χ4n) is 3.02. The zero-order valence-electron chi connectivity index (χ0n) is 14.9. The maximum atomic E-state index is 12.9. The first-order valence-corrected chi connectivity index (χ1v) is 8.91. The van der Waals surface area contributed by atoms with Gasteiger partial charge in [0.1, 0.15) is 5.75 Å². The highest BCUT2D eigenvalue weighted by atomic mass is 35.5. The summed E-state index contributed by atoms with van der Waals surface area (Å²) in [5, 5.41) is 6.35. The molecular weight excluding hydrogens is 352 g/mol. The van der Waals surface area contributed by atoms with Gasteiger partial charge in [0.25, 0.3) is 5.91 Å². The Morgan fingerprint density at radius 2 is 1.88 bits per heavy atom. The summed E-state index contributed by atoms with van der Waals surface area (Å²) >= 11 is 5.95. The smallest absolute Gasteiger partial charge is 0.265 e. The SMILES string of the molecule is CC(C)[C@H](C(=O)Nc1ccc2c(c1)NC(=O)[C@@H](C)O2)c1ccc(Cl)cc1. The van der Waals surface area contributed by atoms with Crippen molar-refractivity contribution in [3.63, 3.8) is 0 Å². The standard InChI is InChI=1S/C20H21ClN2O3/c1-11(2)18(13-4-6-14(21)7-5-13)20(25)22-15-8-9-17-16(10-15)23-19(24)12(3)26-17/h4-12,18H,1-3H3,(H,22,25)(H,23,24)/t12-,18+/m1/s1. The second-order valence-electron chi connectivity index (χ2n) is 6.72. The van der Waals surface area contributed by atoms with Crippen LogP contribution in [-0.4, -0.2) is 17.9 Å². The molecule has 2 aromatic rings. The third-order valence-electron chi connectivity index (χ3n) is 4.36. The summed E-state index contributed by atoms with van der Waals surface area (Å²) in [4.78, 5) is 24.6. The van der Waals surface area contributed by atoms with Crippen LogP contribution in [0, 0.1) is 5.92 Å². The Morgan fingerprint density at radius 3 is 2.54 bits per heavy atom. The molecule has 0 aliphatic carbocycles. The number of halogens is 1. The van der Waals surface area contributed by atoms with Crippen molar-refractivity contribution in [1.29, 1.82) is 0 Å². The van der Waals surface area contributed by atoms with Gasteiger partial charge in [0.15, 0.2) is 6.10 Å². The van der Waals surface area contributed by atoms with Crippen molar-refractivity contribution in [3.05, 3.63) is 53.1 Å². The molecule has 1 heterocycles. The molecule has 3 rings (SSSR count). The lowest BCUT2D eigenvalue weighted by Gasteiger charge is -2.24. The van der Waals surface area contributed by atoms with Gasteiger partial charge in [-0.15, -0.1) is 0 Å². The van der Waals surface area contributed by atoms with Crippen molar-refractivity contribution in [3.8, 4) is 5.75 Å². The predicted molar refractivity (Wildman–Crippen MR) is 103 cm³/mol. The Labute approximate surface area is 157 Å². The molecule has 2 aromatic carbocycles. The fourth-order valence-corrected chi connectivity index (χ4v) is 3.14. The summed E-state index contributed by atoms with van der Waals surface area (Å²) in [7, 11) is 0. The molecule has 0 radical (unpaired) electrons. The number of carbonyl (C=O) groups is 2. The van der Waals surface area contributed by atoms with E-state index in [9.17, 15) is 9.59 Å². The lowest BCUT2D eigenvalue weighted by molar-refractivity contribution is -0.122. The number of anilines is 2. The van der Waals surface area contributed by atoms with Gasteiger partial charge < -0.3 is 15.4 Å². The number of hydrogen-bond acceptors (Lipinski definition) is 3. The Hall–Kier alpha value is -2.53. The Morgan fingerprint density at radius 1 is 1.19 bits per heavy atom. The van der Waals surface area contributed by atoms with Gasteiger partial charge in [-0.05, 0) is 48.7 Å². The van der Waals surface area contributed by atoms with Crippen LogP contribution in [0.25, 0.3) is 0 Å². The van der Waals surface area contributed by atoms with E-state index in [4.69, 9.17) is 16.3 Å². The van der Waals surface area contributed by atoms with Crippen LogP contribution >= 0.6 is 11.6 Å². The van der Waals surface area contributed by atoms with E-state index in [2.05, 4.69) is 10.6 Å². The van der Waals surface area contributed by atoms with Crippen molar-refractivity contribution >= 4 is 34.8 Å². The van der Waals surface area contributed by atoms with Crippen LogP contribution in [0.4, 0.5) is 11.4 Å². The van der Waals surface area contributed by atoms with E-state index < -0.39 is 6.10 Å². The molecule has 0 bridgehead atoms. The van der Waals surface area contributed by atoms with E-state index in [0.29, 0.717) is 22.1 Å². The number of rotatable bonds is 4. The van der Waals surface area contributed by atoms with E-state index in [1.165, 1.54) is 0 Å². The van der Waals surface area contributed by atoms with Gasteiger partial charge in [0, 0.05) is 10.7 Å². The number of fused-ring (bicyclic) bond motifs is 1. The number of benzene rings is 2. The average molecular weight is 373 g/mol. The van der Waals surface area contributed by atoms with E-state index in [1.807, 2.05) is 26.0 Å². The van der Waals surface area contributed by atoms with Crippen LogP contribution in [-0.2, 0) is 9.59 Å². The van der Waals surface area contributed by atoms with Crippen molar-refractivity contribution in [1.82, 2.24) is 0 Å². The van der Waals surface area contributed by atoms with Crippen LogP contribution in [0.2, 0.25) is 5.02 Å². The number of amides is 2. The minimum Gasteiger partial charge on any atom is -0.479 e. The largest absolute Gasteiger partial charge is 0.479 e. The highest BCUT2D eigenvalue weighted by Crippen LogP contribution is 2.33. The first kappa shape index (κ1) is 18.3. The molecule has 0 fully saturated rings. The minimum absolute atomic E-state index is 0.109. The average Bonchev–Trinajstić information content (AvgIpc) is 2.58. The quantitative estimate of drug-likeness (QED) is 0.833. The molecule has 1 aliphatic heterocycles. The predicted octanol–water partition coefficient (Wildman–Crippen LogP) is 4.44. The molecule has 0 saturated heterocycles. The van der Waals surface area contributed by atoms with Crippen molar-refractivity contribution in [2.45, 2.75) is 32.8 Å². The number of ether oxygens (including phenoxy) is 1. The van der Waals surface area contributed by atoms with Gasteiger partial charge in [-0.25, -0.2) is 0 Å². The molecule has 2 N–H and O–H groups in total. The summed E-state index contributed by atoms with van der Waals surface area (Å²) in [5.74, 6) is 0.0703. The Balaban J connectivity index is 1.81. The maximum absolute atomic E-state index is 12.9. The van der Waals surface area contributed by atoms with Gasteiger partial charge >= 0.3 is 0 Å². The lowest BCUT2D eigenvalue weighted by Crippen LogP contribution is -2.34. The summed E-state index contributed by atoms with van der Waals surface area (Å²) in [6.07, 6.45) is -0.529. The minimum atomic E-state index is -0.529. The van der Waals surface area contributed by atoms with Gasteiger partial charge in [-0.3, -0.25) is 9.59 Å². The molecule has 5 nitrogen and oxygen atoms in total. The highest BCUT2D eigenvalue weighted by Gasteiger charge is 2.26. The Kier molecular flexibility index (Phi) is 5.18. The van der Waals surface area contributed by atoms with E-state index in [0.717, 1.165) is 5.56 Å².